The molecular weight excluding hydrogens is 361 g/mol. The Bertz CT molecular complexity index is 495. The molecule has 0 amide bonds. The Morgan fingerprint density at radius 2 is 1.94 bits per heavy atom. The summed E-state index contributed by atoms with van der Waals surface area (Å²) in [5.74, 6) is 0.974. The lowest BCUT2D eigenvalue weighted by Gasteiger charge is -2.12. The van der Waals surface area contributed by atoms with Crippen molar-refractivity contribution < 1.29 is 4.42 Å². The van der Waals surface area contributed by atoms with Gasteiger partial charge in [0.2, 0.25) is 0 Å². The van der Waals surface area contributed by atoms with E-state index in [0.29, 0.717) is 6.04 Å². The maximum absolute atomic E-state index is 5.86. The van der Waals surface area contributed by atoms with Gasteiger partial charge in [-0.3, -0.25) is 0 Å². The lowest BCUT2D eigenvalue weighted by atomic mass is 10.1. The second-order valence-corrected chi connectivity index (χ2v) is 5.82. The largest absolute Gasteiger partial charge is 0.454 e. The van der Waals surface area contributed by atoms with E-state index in [1.54, 1.807) is 0 Å². The second kappa shape index (κ2) is 6.59. The summed E-state index contributed by atoms with van der Waals surface area (Å²) in [6, 6.07) is 12.4. The summed E-state index contributed by atoms with van der Waals surface area (Å²) in [7, 11) is 0. The predicted octanol–water partition coefficient (Wildman–Crippen LogP) is 4.26. The molecule has 0 radical (unpaired) electrons. The molecule has 0 fully saturated rings. The van der Waals surface area contributed by atoms with E-state index in [9.17, 15) is 0 Å². The van der Waals surface area contributed by atoms with Crippen LogP contribution in [0.15, 0.2) is 40.8 Å². The Labute approximate surface area is 126 Å². The van der Waals surface area contributed by atoms with Gasteiger partial charge in [-0.15, -0.1) is 0 Å². The lowest BCUT2D eigenvalue weighted by Crippen LogP contribution is -2.27. The number of halogens is 2. The van der Waals surface area contributed by atoms with Crippen LogP contribution < -0.4 is 5.32 Å². The molecule has 1 atom stereocenters. The first-order valence-electron chi connectivity index (χ1n) is 5.85. The van der Waals surface area contributed by atoms with Crippen LogP contribution in [0.3, 0.4) is 0 Å². The predicted molar refractivity (Wildman–Crippen MR) is 82.9 cm³/mol. The molecule has 0 aliphatic carbocycles. The fraction of sp³-hybridized carbons (Fsp3) is 0.286. The topological polar surface area (TPSA) is 25.2 Å². The van der Waals surface area contributed by atoms with Gasteiger partial charge < -0.3 is 9.73 Å². The van der Waals surface area contributed by atoms with Crippen molar-refractivity contribution in [3.63, 3.8) is 0 Å². The van der Waals surface area contributed by atoms with Crippen molar-refractivity contribution in [3.8, 4) is 0 Å². The summed E-state index contributed by atoms with van der Waals surface area (Å²) in [5, 5.41) is 4.23. The molecule has 1 N–H and O–H groups in total. The smallest absolute Gasteiger partial charge is 0.164 e. The monoisotopic (exact) mass is 375 g/mol. The molecule has 0 saturated carbocycles. The Kier molecular flexibility index (Phi) is 5.09. The molecule has 18 heavy (non-hydrogen) atoms. The van der Waals surface area contributed by atoms with Crippen LogP contribution >= 0.6 is 34.2 Å². The maximum atomic E-state index is 5.86. The van der Waals surface area contributed by atoms with E-state index in [2.05, 4.69) is 47.0 Å². The Balaban J connectivity index is 1.81. The lowest BCUT2D eigenvalue weighted by molar-refractivity contribution is 0.440. The summed E-state index contributed by atoms with van der Waals surface area (Å²) in [5.41, 5.74) is 1.29. The van der Waals surface area contributed by atoms with Crippen molar-refractivity contribution >= 4 is 34.2 Å². The summed E-state index contributed by atoms with van der Waals surface area (Å²) in [6.45, 7) is 2.93. The molecule has 2 rings (SSSR count). The highest BCUT2D eigenvalue weighted by molar-refractivity contribution is 14.1. The van der Waals surface area contributed by atoms with Crippen LogP contribution in [0.2, 0.25) is 5.02 Å². The molecule has 0 spiro atoms. The van der Waals surface area contributed by atoms with Crippen LogP contribution in [0.4, 0.5) is 0 Å². The van der Waals surface area contributed by atoms with Crippen molar-refractivity contribution in [1.29, 1.82) is 0 Å². The van der Waals surface area contributed by atoms with Crippen molar-refractivity contribution in [1.82, 2.24) is 5.32 Å². The summed E-state index contributed by atoms with van der Waals surface area (Å²) < 4.78 is 6.43. The molecule has 0 aliphatic rings. The minimum absolute atomic E-state index is 0.397. The van der Waals surface area contributed by atoms with Gasteiger partial charge in [0.25, 0.3) is 0 Å². The number of hydrogen-bond acceptors (Lipinski definition) is 2. The van der Waals surface area contributed by atoms with Crippen LogP contribution in [0.25, 0.3) is 0 Å². The number of furan rings is 1. The molecular formula is C14H15ClINO. The zero-order chi connectivity index (χ0) is 13.0. The normalized spacial score (nSPS) is 12.6. The molecule has 2 aromatic rings. The number of rotatable bonds is 5. The number of nitrogens with one attached hydrogen (secondary N) is 1. The van der Waals surface area contributed by atoms with Gasteiger partial charge in [-0.05, 0) is 65.8 Å². The van der Waals surface area contributed by atoms with E-state index < -0.39 is 0 Å². The first-order valence-corrected chi connectivity index (χ1v) is 7.31. The molecule has 0 aliphatic heterocycles. The summed E-state index contributed by atoms with van der Waals surface area (Å²) in [4.78, 5) is 0. The van der Waals surface area contributed by atoms with E-state index in [4.69, 9.17) is 16.0 Å². The van der Waals surface area contributed by atoms with Gasteiger partial charge in [0, 0.05) is 11.1 Å². The average Bonchev–Trinajstić information content (AvgIpc) is 2.76. The SMILES string of the molecule is CC(Cc1ccc(Cl)cc1)NCc1ccc(I)o1. The minimum Gasteiger partial charge on any atom is -0.454 e. The molecule has 96 valence electrons. The van der Waals surface area contributed by atoms with Crippen LogP contribution in [-0.4, -0.2) is 6.04 Å². The molecule has 1 aromatic carbocycles. The second-order valence-electron chi connectivity index (χ2n) is 4.32. The van der Waals surface area contributed by atoms with Gasteiger partial charge in [0.1, 0.15) is 5.76 Å². The Morgan fingerprint density at radius 3 is 2.56 bits per heavy atom. The minimum atomic E-state index is 0.397. The molecule has 4 heteroatoms. The molecule has 1 aromatic heterocycles. The highest BCUT2D eigenvalue weighted by Gasteiger charge is 2.05. The quantitative estimate of drug-likeness (QED) is 0.790. The third-order valence-electron chi connectivity index (χ3n) is 2.71. The van der Waals surface area contributed by atoms with E-state index in [0.717, 1.165) is 27.5 Å². The first kappa shape index (κ1) is 13.9. The van der Waals surface area contributed by atoms with Crippen molar-refractivity contribution in [3.05, 3.63) is 56.5 Å². The van der Waals surface area contributed by atoms with Gasteiger partial charge >= 0.3 is 0 Å². The van der Waals surface area contributed by atoms with Gasteiger partial charge in [0.05, 0.1) is 6.54 Å². The van der Waals surface area contributed by atoms with E-state index in [1.165, 1.54) is 5.56 Å². The molecule has 1 unspecified atom stereocenters. The van der Waals surface area contributed by atoms with Crippen LogP contribution in [0, 0.1) is 3.77 Å². The summed E-state index contributed by atoms with van der Waals surface area (Å²) >= 11 is 8.04. The van der Waals surface area contributed by atoms with E-state index >= 15 is 0 Å². The third-order valence-corrected chi connectivity index (χ3v) is 3.54. The van der Waals surface area contributed by atoms with Crippen LogP contribution in [-0.2, 0) is 13.0 Å². The Hall–Kier alpha value is -0.520. The van der Waals surface area contributed by atoms with Crippen LogP contribution in [0.5, 0.6) is 0 Å². The number of benzene rings is 1. The van der Waals surface area contributed by atoms with Crippen LogP contribution in [0.1, 0.15) is 18.2 Å². The fourth-order valence-electron chi connectivity index (χ4n) is 1.77. The van der Waals surface area contributed by atoms with Crippen molar-refractivity contribution in [2.24, 2.45) is 0 Å². The van der Waals surface area contributed by atoms with E-state index in [1.807, 2.05) is 24.3 Å². The standard InChI is InChI=1S/C14H15ClINO/c1-10(8-11-2-4-12(15)5-3-11)17-9-13-6-7-14(16)18-13/h2-7,10,17H,8-9H2,1H3. The molecule has 1 heterocycles. The fourth-order valence-corrected chi connectivity index (χ4v) is 2.36. The van der Waals surface area contributed by atoms with Crippen molar-refractivity contribution in [2.45, 2.75) is 25.9 Å². The highest BCUT2D eigenvalue weighted by atomic mass is 127. The zero-order valence-electron chi connectivity index (χ0n) is 10.1. The Morgan fingerprint density at radius 1 is 1.22 bits per heavy atom. The van der Waals surface area contributed by atoms with Gasteiger partial charge in [-0.2, -0.15) is 0 Å². The van der Waals surface area contributed by atoms with Gasteiger partial charge in [-0.25, -0.2) is 0 Å². The number of hydrogen-bond donors (Lipinski definition) is 1. The van der Waals surface area contributed by atoms with E-state index in [-0.39, 0.29) is 0 Å². The summed E-state index contributed by atoms with van der Waals surface area (Å²) in [6.07, 6.45) is 0.981. The van der Waals surface area contributed by atoms with Gasteiger partial charge in [-0.1, -0.05) is 23.7 Å². The van der Waals surface area contributed by atoms with Gasteiger partial charge in [0.15, 0.2) is 3.77 Å². The van der Waals surface area contributed by atoms with Crippen molar-refractivity contribution in [2.75, 3.05) is 0 Å². The average molecular weight is 376 g/mol. The third kappa shape index (κ3) is 4.30. The maximum Gasteiger partial charge on any atom is 0.164 e. The first-order chi connectivity index (χ1) is 8.63. The molecule has 0 bridgehead atoms. The molecule has 0 saturated heterocycles. The zero-order valence-corrected chi connectivity index (χ0v) is 13.0. The molecule has 2 nitrogen and oxygen atoms in total. The highest BCUT2D eigenvalue weighted by Crippen LogP contribution is 2.12.